The van der Waals surface area contributed by atoms with Gasteiger partial charge in [-0.15, -0.1) is 0 Å². The van der Waals surface area contributed by atoms with Gasteiger partial charge in [0.15, 0.2) is 0 Å². The van der Waals surface area contributed by atoms with Gasteiger partial charge in [-0.05, 0) is 39.7 Å². The molecule has 0 unspecified atom stereocenters. The molecule has 0 aliphatic heterocycles. The predicted octanol–water partition coefficient (Wildman–Crippen LogP) is 2.93. The molecule has 0 aliphatic carbocycles. The standard InChI is InChI=1S/C12H11BrFNO/c13-12-9(3-1-5-11(12)14)7-15-6-2-4-10(15)8-16/h1-6,16H,7-8H2. The number of nitrogens with zero attached hydrogens (tertiary/aromatic N) is 1. The van der Waals surface area contributed by atoms with E-state index in [1.54, 1.807) is 6.07 Å². The molecule has 2 aromatic rings. The minimum Gasteiger partial charge on any atom is -0.390 e. The van der Waals surface area contributed by atoms with Crippen LogP contribution in [0.5, 0.6) is 0 Å². The van der Waals surface area contributed by atoms with E-state index in [1.807, 2.05) is 29.0 Å². The van der Waals surface area contributed by atoms with Crippen molar-refractivity contribution < 1.29 is 9.50 Å². The summed E-state index contributed by atoms with van der Waals surface area (Å²) in [6, 6.07) is 8.65. The van der Waals surface area contributed by atoms with E-state index < -0.39 is 0 Å². The van der Waals surface area contributed by atoms with Crippen LogP contribution in [0.1, 0.15) is 11.3 Å². The number of hydrogen-bond acceptors (Lipinski definition) is 1. The van der Waals surface area contributed by atoms with Crippen molar-refractivity contribution in [2.24, 2.45) is 0 Å². The number of benzene rings is 1. The number of aliphatic hydroxyl groups is 1. The fourth-order valence-corrected chi connectivity index (χ4v) is 1.99. The molecule has 0 radical (unpaired) electrons. The maximum absolute atomic E-state index is 13.3. The van der Waals surface area contributed by atoms with Crippen LogP contribution < -0.4 is 0 Å². The molecule has 0 atom stereocenters. The van der Waals surface area contributed by atoms with E-state index in [9.17, 15) is 4.39 Å². The SMILES string of the molecule is OCc1cccn1Cc1cccc(F)c1Br. The van der Waals surface area contributed by atoms with Gasteiger partial charge in [0.25, 0.3) is 0 Å². The van der Waals surface area contributed by atoms with Gasteiger partial charge >= 0.3 is 0 Å². The van der Waals surface area contributed by atoms with Crippen molar-refractivity contribution >= 4 is 15.9 Å². The second-order valence-electron chi connectivity index (χ2n) is 3.50. The van der Waals surface area contributed by atoms with Crippen LogP contribution in [0.15, 0.2) is 41.0 Å². The highest BCUT2D eigenvalue weighted by molar-refractivity contribution is 9.10. The molecule has 2 rings (SSSR count). The number of aliphatic hydroxyl groups excluding tert-OH is 1. The molecule has 1 N–H and O–H groups in total. The van der Waals surface area contributed by atoms with Crippen LogP contribution in [-0.2, 0) is 13.2 Å². The second kappa shape index (κ2) is 4.80. The van der Waals surface area contributed by atoms with E-state index in [-0.39, 0.29) is 12.4 Å². The van der Waals surface area contributed by atoms with Gasteiger partial charge in [0, 0.05) is 18.4 Å². The molecular formula is C12H11BrFNO. The summed E-state index contributed by atoms with van der Waals surface area (Å²) in [6.45, 7) is 0.529. The van der Waals surface area contributed by atoms with Gasteiger partial charge in [0.2, 0.25) is 0 Å². The average Bonchev–Trinajstić information content (AvgIpc) is 2.72. The predicted molar refractivity (Wildman–Crippen MR) is 63.6 cm³/mol. The van der Waals surface area contributed by atoms with Crippen molar-refractivity contribution in [3.63, 3.8) is 0 Å². The lowest BCUT2D eigenvalue weighted by molar-refractivity contribution is 0.271. The van der Waals surface area contributed by atoms with Gasteiger partial charge in [-0.2, -0.15) is 0 Å². The van der Waals surface area contributed by atoms with E-state index in [4.69, 9.17) is 5.11 Å². The largest absolute Gasteiger partial charge is 0.390 e. The minimum atomic E-state index is -0.268. The molecule has 0 saturated heterocycles. The van der Waals surface area contributed by atoms with Crippen LogP contribution in [0, 0.1) is 5.82 Å². The summed E-state index contributed by atoms with van der Waals surface area (Å²) >= 11 is 3.22. The highest BCUT2D eigenvalue weighted by Crippen LogP contribution is 2.21. The van der Waals surface area contributed by atoms with Crippen LogP contribution >= 0.6 is 15.9 Å². The maximum atomic E-state index is 13.3. The zero-order valence-corrected chi connectivity index (χ0v) is 10.1. The summed E-state index contributed by atoms with van der Waals surface area (Å²) in [4.78, 5) is 0. The van der Waals surface area contributed by atoms with Crippen molar-refractivity contribution in [2.75, 3.05) is 0 Å². The number of hydrogen-bond donors (Lipinski definition) is 1. The lowest BCUT2D eigenvalue weighted by atomic mass is 10.2. The Bertz CT molecular complexity index is 496. The zero-order valence-electron chi connectivity index (χ0n) is 8.53. The van der Waals surface area contributed by atoms with Crippen molar-refractivity contribution in [1.29, 1.82) is 0 Å². The van der Waals surface area contributed by atoms with Crippen molar-refractivity contribution in [2.45, 2.75) is 13.2 Å². The Morgan fingerprint density at radius 1 is 1.25 bits per heavy atom. The summed E-state index contributed by atoms with van der Waals surface area (Å²) in [5.74, 6) is -0.268. The number of halogens is 2. The summed E-state index contributed by atoms with van der Waals surface area (Å²) < 4.78 is 15.7. The third-order valence-electron chi connectivity index (χ3n) is 2.46. The van der Waals surface area contributed by atoms with Gasteiger partial charge in [-0.25, -0.2) is 4.39 Å². The van der Waals surface area contributed by atoms with Crippen molar-refractivity contribution in [1.82, 2.24) is 4.57 Å². The lowest BCUT2D eigenvalue weighted by Gasteiger charge is -2.09. The Kier molecular flexibility index (Phi) is 3.41. The summed E-state index contributed by atoms with van der Waals surface area (Å²) in [5, 5.41) is 9.10. The Balaban J connectivity index is 2.30. The Hall–Kier alpha value is -1.13. The molecule has 0 amide bonds. The molecule has 0 aliphatic rings. The normalized spacial score (nSPS) is 10.7. The molecule has 0 bridgehead atoms. The summed E-state index contributed by atoms with van der Waals surface area (Å²) in [6.07, 6.45) is 1.86. The van der Waals surface area contributed by atoms with Crippen LogP contribution in [0.25, 0.3) is 0 Å². The molecule has 1 heterocycles. The molecule has 0 spiro atoms. The second-order valence-corrected chi connectivity index (χ2v) is 4.29. The monoisotopic (exact) mass is 283 g/mol. The molecule has 1 aromatic heterocycles. The number of rotatable bonds is 3. The highest BCUT2D eigenvalue weighted by atomic mass is 79.9. The maximum Gasteiger partial charge on any atom is 0.137 e. The van der Waals surface area contributed by atoms with E-state index in [0.29, 0.717) is 11.0 Å². The summed E-state index contributed by atoms with van der Waals surface area (Å²) in [5.41, 5.74) is 1.67. The Morgan fingerprint density at radius 2 is 2.06 bits per heavy atom. The van der Waals surface area contributed by atoms with Crippen LogP contribution in [0.3, 0.4) is 0 Å². The van der Waals surface area contributed by atoms with Gasteiger partial charge in [-0.3, -0.25) is 0 Å². The molecule has 16 heavy (non-hydrogen) atoms. The average molecular weight is 284 g/mol. The molecular weight excluding hydrogens is 273 g/mol. The van der Waals surface area contributed by atoms with Gasteiger partial charge in [0.1, 0.15) is 5.82 Å². The quantitative estimate of drug-likeness (QED) is 0.921. The molecule has 2 nitrogen and oxygen atoms in total. The molecule has 1 aromatic carbocycles. The van der Waals surface area contributed by atoms with Crippen LogP contribution in [0.2, 0.25) is 0 Å². The molecule has 84 valence electrons. The van der Waals surface area contributed by atoms with Gasteiger partial charge in [-0.1, -0.05) is 12.1 Å². The first kappa shape index (κ1) is 11.4. The highest BCUT2D eigenvalue weighted by Gasteiger charge is 2.07. The third-order valence-corrected chi connectivity index (χ3v) is 3.35. The van der Waals surface area contributed by atoms with Crippen molar-refractivity contribution in [3.05, 3.63) is 58.1 Å². The first-order valence-electron chi connectivity index (χ1n) is 4.90. The van der Waals surface area contributed by atoms with Crippen LogP contribution in [0.4, 0.5) is 4.39 Å². The smallest absolute Gasteiger partial charge is 0.137 e. The molecule has 0 saturated carbocycles. The third kappa shape index (κ3) is 2.18. The van der Waals surface area contributed by atoms with E-state index in [1.165, 1.54) is 6.07 Å². The van der Waals surface area contributed by atoms with E-state index in [0.717, 1.165) is 11.3 Å². The lowest BCUT2D eigenvalue weighted by Crippen LogP contribution is -2.04. The topological polar surface area (TPSA) is 25.2 Å². The minimum absolute atomic E-state index is 0.0140. The summed E-state index contributed by atoms with van der Waals surface area (Å²) in [7, 11) is 0. The fraction of sp³-hybridized carbons (Fsp3) is 0.167. The molecule has 4 heteroatoms. The Morgan fingerprint density at radius 3 is 2.81 bits per heavy atom. The first-order chi connectivity index (χ1) is 7.72. The fourth-order valence-electron chi connectivity index (χ4n) is 1.60. The zero-order chi connectivity index (χ0) is 11.5. The molecule has 0 fully saturated rings. The van der Waals surface area contributed by atoms with Crippen molar-refractivity contribution in [3.8, 4) is 0 Å². The van der Waals surface area contributed by atoms with Gasteiger partial charge in [0.05, 0.1) is 11.1 Å². The van der Waals surface area contributed by atoms with E-state index >= 15 is 0 Å². The Labute approximate surface area is 101 Å². The first-order valence-corrected chi connectivity index (χ1v) is 5.69. The van der Waals surface area contributed by atoms with E-state index in [2.05, 4.69) is 15.9 Å². The number of aromatic nitrogens is 1. The van der Waals surface area contributed by atoms with Gasteiger partial charge < -0.3 is 9.67 Å². The van der Waals surface area contributed by atoms with Crippen LogP contribution in [-0.4, -0.2) is 9.67 Å².